The lowest BCUT2D eigenvalue weighted by molar-refractivity contribution is 0.256. The molecule has 0 aliphatic rings. The van der Waals surface area contributed by atoms with Crippen LogP contribution < -0.4 is 0 Å². The van der Waals surface area contributed by atoms with Gasteiger partial charge in [-0.2, -0.15) is 8.42 Å². The normalized spacial score (nSPS) is 16.6. The highest BCUT2D eigenvalue weighted by molar-refractivity contribution is 7.87. The van der Waals surface area contributed by atoms with Gasteiger partial charge in [0.25, 0.3) is 10.1 Å². The molecule has 0 aromatic carbocycles. The molecule has 0 rings (SSSR count). The van der Waals surface area contributed by atoms with Crippen molar-refractivity contribution in [2.75, 3.05) is 13.2 Å². The Balaban J connectivity index is 4.41. The Morgan fingerprint density at radius 1 is 1.07 bits per heavy atom. The van der Waals surface area contributed by atoms with Crippen LogP contribution in [-0.4, -0.2) is 41.1 Å². The summed E-state index contributed by atoms with van der Waals surface area (Å²) in [5.41, 5.74) is 0. The molecule has 14 heavy (non-hydrogen) atoms. The van der Waals surface area contributed by atoms with Crippen molar-refractivity contribution in [2.45, 2.75) is 30.4 Å². The second-order valence-electron chi connectivity index (χ2n) is 3.31. The van der Waals surface area contributed by atoms with Crippen LogP contribution in [0.4, 0.5) is 0 Å². The summed E-state index contributed by atoms with van der Waals surface area (Å²) in [6.07, 6.45) is 0.933. The van der Waals surface area contributed by atoms with E-state index < -0.39 is 14.9 Å². The number of hydrogen-bond donors (Lipinski definition) is 3. The van der Waals surface area contributed by atoms with Crippen LogP contribution in [0.5, 0.6) is 0 Å². The second kappa shape index (κ2) is 5.65. The minimum absolute atomic E-state index is 0.0271. The summed E-state index contributed by atoms with van der Waals surface area (Å²) in [6, 6.07) is 0. The third kappa shape index (κ3) is 3.91. The Hall–Kier alpha value is -0.170. The molecule has 0 aliphatic carbocycles. The molecule has 0 aromatic rings. The molecule has 0 saturated heterocycles. The molecule has 1 radical (unpaired) electrons. The van der Waals surface area contributed by atoms with E-state index in [2.05, 4.69) is 6.92 Å². The zero-order chi connectivity index (χ0) is 11.2. The second-order valence-corrected chi connectivity index (χ2v) is 5.13. The van der Waals surface area contributed by atoms with Gasteiger partial charge in [-0.05, 0) is 32.6 Å². The molecule has 1 atom stereocenters. The topological polar surface area (TPSA) is 94.8 Å². The Morgan fingerprint density at radius 3 is 2.00 bits per heavy atom. The van der Waals surface area contributed by atoms with Crippen LogP contribution in [0.3, 0.4) is 0 Å². The van der Waals surface area contributed by atoms with Crippen molar-refractivity contribution in [1.82, 2.24) is 0 Å². The van der Waals surface area contributed by atoms with E-state index in [0.717, 1.165) is 0 Å². The minimum Gasteiger partial charge on any atom is -0.396 e. The molecule has 5 nitrogen and oxygen atoms in total. The maximum atomic E-state index is 11.0. The molecule has 1 unspecified atom stereocenters. The summed E-state index contributed by atoms with van der Waals surface area (Å²) in [6.45, 7) is 3.05. The van der Waals surface area contributed by atoms with E-state index in [1.807, 2.05) is 0 Å². The maximum absolute atomic E-state index is 11.0. The van der Waals surface area contributed by atoms with Gasteiger partial charge in [-0.3, -0.25) is 4.55 Å². The van der Waals surface area contributed by atoms with E-state index in [-0.39, 0.29) is 26.1 Å². The van der Waals surface area contributed by atoms with E-state index in [9.17, 15) is 8.42 Å². The largest absolute Gasteiger partial charge is 0.396 e. The van der Waals surface area contributed by atoms with E-state index in [1.54, 1.807) is 0 Å². The predicted octanol–water partition coefficient (Wildman–Crippen LogP) is -0.00791. The molecule has 3 N–H and O–H groups in total. The first-order valence-electron chi connectivity index (χ1n) is 4.41. The predicted molar refractivity (Wildman–Crippen MR) is 52.3 cm³/mol. The SMILES string of the molecule is [CH2]C(CCO)(CCCCO)S(=O)(=O)O. The molecule has 0 saturated carbocycles. The van der Waals surface area contributed by atoms with E-state index in [1.165, 1.54) is 0 Å². The van der Waals surface area contributed by atoms with Crippen LogP contribution in [0.1, 0.15) is 25.7 Å². The van der Waals surface area contributed by atoms with Gasteiger partial charge in [0.1, 0.15) is 0 Å². The van der Waals surface area contributed by atoms with Gasteiger partial charge in [-0.15, -0.1) is 0 Å². The van der Waals surface area contributed by atoms with Gasteiger partial charge in [0.2, 0.25) is 0 Å². The lowest BCUT2D eigenvalue weighted by Gasteiger charge is -2.24. The van der Waals surface area contributed by atoms with Crippen molar-refractivity contribution in [3.8, 4) is 0 Å². The summed E-state index contributed by atoms with van der Waals surface area (Å²) in [5.74, 6) is 0. The quantitative estimate of drug-likeness (QED) is 0.418. The number of aliphatic hydroxyl groups excluding tert-OH is 2. The maximum Gasteiger partial charge on any atom is 0.270 e. The van der Waals surface area contributed by atoms with E-state index in [0.29, 0.717) is 12.8 Å². The Bertz CT molecular complexity index is 248. The van der Waals surface area contributed by atoms with E-state index in [4.69, 9.17) is 14.8 Å². The van der Waals surface area contributed by atoms with Crippen LogP contribution in [0.2, 0.25) is 0 Å². The van der Waals surface area contributed by atoms with Crippen molar-refractivity contribution in [2.24, 2.45) is 0 Å². The van der Waals surface area contributed by atoms with Crippen LogP contribution >= 0.6 is 0 Å². The highest BCUT2D eigenvalue weighted by atomic mass is 32.2. The van der Waals surface area contributed by atoms with Crippen molar-refractivity contribution in [3.63, 3.8) is 0 Å². The average molecular weight is 225 g/mol. The first-order chi connectivity index (χ1) is 6.37. The number of hydrogen-bond acceptors (Lipinski definition) is 4. The van der Waals surface area contributed by atoms with Gasteiger partial charge in [0.05, 0.1) is 4.75 Å². The van der Waals surface area contributed by atoms with Crippen LogP contribution in [0.25, 0.3) is 0 Å². The van der Waals surface area contributed by atoms with Gasteiger partial charge in [0.15, 0.2) is 0 Å². The third-order valence-corrected chi connectivity index (χ3v) is 3.66. The zero-order valence-corrected chi connectivity index (χ0v) is 8.83. The van der Waals surface area contributed by atoms with Gasteiger partial charge in [-0.1, -0.05) is 0 Å². The molecule has 6 heteroatoms. The molecule has 0 bridgehead atoms. The van der Waals surface area contributed by atoms with Gasteiger partial charge >= 0.3 is 0 Å². The lowest BCUT2D eigenvalue weighted by atomic mass is 10.00. The number of unbranched alkanes of at least 4 members (excludes halogenated alkanes) is 1. The Morgan fingerprint density at radius 2 is 1.64 bits per heavy atom. The average Bonchev–Trinajstić information content (AvgIpc) is 2.03. The van der Waals surface area contributed by atoms with Crippen molar-refractivity contribution < 1.29 is 23.2 Å². The lowest BCUT2D eigenvalue weighted by Crippen LogP contribution is -2.36. The van der Waals surface area contributed by atoms with E-state index >= 15 is 0 Å². The molecule has 0 fully saturated rings. The van der Waals surface area contributed by atoms with Crippen molar-refractivity contribution >= 4 is 10.1 Å². The zero-order valence-electron chi connectivity index (χ0n) is 8.02. The minimum atomic E-state index is -4.26. The monoisotopic (exact) mass is 225 g/mol. The molecule has 0 amide bonds. The number of aliphatic hydroxyl groups is 2. The highest BCUT2D eigenvalue weighted by Crippen LogP contribution is 2.26. The summed E-state index contributed by atoms with van der Waals surface area (Å²) >= 11 is 0. The van der Waals surface area contributed by atoms with Crippen LogP contribution in [0.15, 0.2) is 0 Å². The summed E-state index contributed by atoms with van der Waals surface area (Å²) in [4.78, 5) is 0. The smallest absolute Gasteiger partial charge is 0.270 e. The summed E-state index contributed by atoms with van der Waals surface area (Å²) in [5, 5.41) is 17.2. The van der Waals surface area contributed by atoms with Gasteiger partial charge in [0, 0.05) is 13.2 Å². The molecule has 0 aliphatic heterocycles. The van der Waals surface area contributed by atoms with Crippen LogP contribution in [-0.2, 0) is 10.1 Å². The van der Waals surface area contributed by atoms with Crippen LogP contribution in [0, 0.1) is 6.92 Å². The fourth-order valence-corrected chi connectivity index (χ4v) is 1.90. The Labute approximate surface area is 84.5 Å². The Kier molecular flexibility index (Phi) is 5.58. The molecule has 85 valence electrons. The van der Waals surface area contributed by atoms with Crippen molar-refractivity contribution in [3.05, 3.63) is 6.92 Å². The van der Waals surface area contributed by atoms with Crippen molar-refractivity contribution in [1.29, 1.82) is 0 Å². The fourth-order valence-electron chi connectivity index (χ4n) is 1.15. The summed E-state index contributed by atoms with van der Waals surface area (Å²) < 4.78 is 29.3. The number of rotatable bonds is 7. The molecule has 0 spiro atoms. The first-order valence-corrected chi connectivity index (χ1v) is 5.85. The molecule has 0 heterocycles. The first kappa shape index (κ1) is 13.8. The molecule has 0 aromatic heterocycles. The highest BCUT2D eigenvalue weighted by Gasteiger charge is 2.36. The molecular formula is C8H17O5S. The standard InChI is InChI=1S/C8H17O5S/c1-8(5-7-10,14(11,12)13)4-2-3-6-9/h9-10H,1-7H2,(H,11,12,13). The summed E-state index contributed by atoms with van der Waals surface area (Å²) in [7, 11) is -4.26. The van der Waals surface area contributed by atoms with Gasteiger partial charge in [-0.25, -0.2) is 0 Å². The fraction of sp³-hybridized carbons (Fsp3) is 0.875. The van der Waals surface area contributed by atoms with Gasteiger partial charge < -0.3 is 10.2 Å². The molecular weight excluding hydrogens is 208 g/mol. The third-order valence-electron chi connectivity index (χ3n) is 2.16.